The molecule has 116 valence electrons. The van der Waals surface area contributed by atoms with Gasteiger partial charge in [-0.3, -0.25) is 4.79 Å². The van der Waals surface area contributed by atoms with Crippen LogP contribution in [0.15, 0.2) is 48.5 Å². The second kappa shape index (κ2) is 7.56. The zero-order valence-electron chi connectivity index (χ0n) is 12.6. The number of hydrogen-bond acceptors (Lipinski definition) is 3. The molecular weight excluding hydrogens is 283 g/mol. The van der Waals surface area contributed by atoms with Crippen LogP contribution in [0.4, 0.5) is 15.8 Å². The number of halogens is 1. The van der Waals surface area contributed by atoms with Gasteiger partial charge < -0.3 is 15.4 Å². The SMILES string of the molecule is COC(C)C(=O)Nc1ccc(NCc2ccc(F)cc2)cc1. The molecule has 0 bridgehead atoms. The summed E-state index contributed by atoms with van der Waals surface area (Å²) in [5, 5.41) is 6.00. The summed E-state index contributed by atoms with van der Waals surface area (Å²) in [6.07, 6.45) is -0.490. The normalized spacial score (nSPS) is 11.8. The van der Waals surface area contributed by atoms with Crippen molar-refractivity contribution in [1.29, 1.82) is 0 Å². The van der Waals surface area contributed by atoms with Crippen molar-refractivity contribution in [2.24, 2.45) is 0 Å². The number of rotatable bonds is 6. The van der Waals surface area contributed by atoms with Crippen LogP contribution in [-0.2, 0) is 16.1 Å². The fourth-order valence-corrected chi connectivity index (χ4v) is 1.83. The number of carbonyl (C=O) groups is 1. The third-order valence-electron chi connectivity index (χ3n) is 3.29. The Hall–Kier alpha value is -2.40. The molecule has 2 rings (SSSR count). The highest BCUT2D eigenvalue weighted by molar-refractivity contribution is 5.94. The quantitative estimate of drug-likeness (QED) is 0.859. The van der Waals surface area contributed by atoms with Crippen LogP contribution in [0.1, 0.15) is 12.5 Å². The van der Waals surface area contributed by atoms with Crippen LogP contribution in [0, 0.1) is 5.82 Å². The Morgan fingerprint density at radius 2 is 1.68 bits per heavy atom. The molecule has 1 unspecified atom stereocenters. The molecule has 0 fully saturated rings. The lowest BCUT2D eigenvalue weighted by molar-refractivity contribution is -0.124. The van der Waals surface area contributed by atoms with E-state index in [2.05, 4.69) is 10.6 Å². The van der Waals surface area contributed by atoms with Crippen molar-refractivity contribution in [3.05, 3.63) is 59.9 Å². The average Bonchev–Trinajstić information content (AvgIpc) is 2.55. The molecule has 1 amide bonds. The van der Waals surface area contributed by atoms with E-state index in [4.69, 9.17) is 4.74 Å². The maximum atomic E-state index is 12.8. The fraction of sp³-hybridized carbons (Fsp3) is 0.235. The molecule has 2 aromatic carbocycles. The number of hydrogen-bond donors (Lipinski definition) is 2. The number of anilines is 2. The van der Waals surface area contributed by atoms with Crippen molar-refractivity contribution in [2.45, 2.75) is 19.6 Å². The summed E-state index contributed by atoms with van der Waals surface area (Å²) in [6, 6.07) is 13.7. The van der Waals surface area contributed by atoms with Gasteiger partial charge in [-0.1, -0.05) is 12.1 Å². The third-order valence-corrected chi connectivity index (χ3v) is 3.29. The van der Waals surface area contributed by atoms with E-state index in [1.54, 1.807) is 19.1 Å². The molecule has 4 nitrogen and oxygen atoms in total. The molecule has 2 aromatic rings. The molecule has 0 aliphatic carbocycles. The minimum atomic E-state index is -0.490. The summed E-state index contributed by atoms with van der Waals surface area (Å²) < 4.78 is 17.8. The summed E-state index contributed by atoms with van der Waals surface area (Å²) in [6.45, 7) is 2.29. The van der Waals surface area contributed by atoms with Crippen LogP contribution in [-0.4, -0.2) is 19.1 Å². The van der Waals surface area contributed by atoms with E-state index in [9.17, 15) is 9.18 Å². The Bertz CT molecular complexity index is 612. The first-order valence-electron chi connectivity index (χ1n) is 7.00. The topological polar surface area (TPSA) is 50.4 Å². The van der Waals surface area contributed by atoms with E-state index in [0.29, 0.717) is 12.2 Å². The highest BCUT2D eigenvalue weighted by Gasteiger charge is 2.11. The monoisotopic (exact) mass is 302 g/mol. The van der Waals surface area contributed by atoms with Crippen molar-refractivity contribution in [3.8, 4) is 0 Å². The highest BCUT2D eigenvalue weighted by Crippen LogP contribution is 2.15. The maximum absolute atomic E-state index is 12.8. The zero-order valence-corrected chi connectivity index (χ0v) is 12.6. The zero-order chi connectivity index (χ0) is 15.9. The molecule has 0 aliphatic rings. The Morgan fingerprint density at radius 1 is 1.09 bits per heavy atom. The van der Waals surface area contributed by atoms with Crippen molar-refractivity contribution >= 4 is 17.3 Å². The van der Waals surface area contributed by atoms with E-state index >= 15 is 0 Å². The van der Waals surface area contributed by atoms with Gasteiger partial charge in [-0.25, -0.2) is 4.39 Å². The molecule has 2 N–H and O–H groups in total. The molecule has 5 heteroatoms. The van der Waals surface area contributed by atoms with Crippen LogP contribution in [0.3, 0.4) is 0 Å². The van der Waals surface area contributed by atoms with Gasteiger partial charge in [0.2, 0.25) is 0 Å². The van der Waals surface area contributed by atoms with Crippen molar-refractivity contribution < 1.29 is 13.9 Å². The lowest BCUT2D eigenvalue weighted by atomic mass is 10.2. The van der Waals surface area contributed by atoms with Crippen LogP contribution in [0.2, 0.25) is 0 Å². The van der Waals surface area contributed by atoms with Gasteiger partial charge in [-0.2, -0.15) is 0 Å². The van der Waals surface area contributed by atoms with E-state index < -0.39 is 6.10 Å². The number of ether oxygens (including phenoxy) is 1. The number of carbonyl (C=O) groups excluding carboxylic acids is 1. The van der Waals surface area contributed by atoms with Crippen molar-refractivity contribution in [2.75, 3.05) is 17.7 Å². The van der Waals surface area contributed by atoms with Crippen LogP contribution in [0.5, 0.6) is 0 Å². The Balaban J connectivity index is 1.89. The maximum Gasteiger partial charge on any atom is 0.253 e. The molecule has 22 heavy (non-hydrogen) atoms. The van der Waals surface area contributed by atoms with Gasteiger partial charge in [0, 0.05) is 25.0 Å². The van der Waals surface area contributed by atoms with E-state index in [1.807, 2.05) is 24.3 Å². The van der Waals surface area contributed by atoms with E-state index in [1.165, 1.54) is 19.2 Å². The number of benzene rings is 2. The Labute approximate surface area is 129 Å². The molecule has 0 heterocycles. The molecule has 0 aromatic heterocycles. The van der Waals surface area contributed by atoms with Gasteiger partial charge in [-0.15, -0.1) is 0 Å². The smallest absolute Gasteiger partial charge is 0.253 e. The molecule has 0 aliphatic heterocycles. The second-order valence-electron chi connectivity index (χ2n) is 4.92. The molecule has 0 saturated carbocycles. The summed E-state index contributed by atoms with van der Waals surface area (Å²) >= 11 is 0. The van der Waals surface area contributed by atoms with Crippen LogP contribution >= 0.6 is 0 Å². The Morgan fingerprint density at radius 3 is 2.27 bits per heavy atom. The standard InChI is InChI=1S/C17H19FN2O2/c1-12(22-2)17(21)20-16-9-7-15(8-10-16)19-11-13-3-5-14(18)6-4-13/h3-10,12,19H,11H2,1-2H3,(H,20,21). The second-order valence-corrected chi connectivity index (χ2v) is 4.92. The number of amides is 1. The Kier molecular flexibility index (Phi) is 5.49. The summed E-state index contributed by atoms with van der Waals surface area (Å²) in [7, 11) is 1.49. The predicted octanol–water partition coefficient (Wildman–Crippen LogP) is 3.41. The first kappa shape index (κ1) is 16.0. The summed E-state index contributed by atoms with van der Waals surface area (Å²) in [5.41, 5.74) is 2.62. The minimum absolute atomic E-state index is 0.186. The minimum Gasteiger partial charge on any atom is -0.381 e. The van der Waals surface area contributed by atoms with E-state index in [0.717, 1.165) is 11.3 Å². The van der Waals surface area contributed by atoms with Crippen molar-refractivity contribution in [3.63, 3.8) is 0 Å². The average molecular weight is 302 g/mol. The number of nitrogens with one attached hydrogen (secondary N) is 2. The van der Waals surface area contributed by atoms with Gasteiger partial charge in [0.25, 0.3) is 5.91 Å². The number of methoxy groups -OCH3 is 1. The van der Waals surface area contributed by atoms with Gasteiger partial charge in [0.15, 0.2) is 0 Å². The molecule has 1 atom stereocenters. The molecular formula is C17H19FN2O2. The van der Waals surface area contributed by atoms with Gasteiger partial charge in [0.1, 0.15) is 11.9 Å². The van der Waals surface area contributed by atoms with Crippen LogP contribution < -0.4 is 10.6 Å². The summed E-state index contributed by atoms with van der Waals surface area (Å²) in [4.78, 5) is 11.7. The summed E-state index contributed by atoms with van der Waals surface area (Å²) in [5.74, 6) is -0.427. The van der Waals surface area contributed by atoms with Crippen molar-refractivity contribution in [1.82, 2.24) is 0 Å². The first-order valence-corrected chi connectivity index (χ1v) is 7.00. The van der Waals surface area contributed by atoms with Gasteiger partial charge in [0.05, 0.1) is 0 Å². The first-order chi connectivity index (χ1) is 10.6. The molecule has 0 saturated heterocycles. The predicted molar refractivity (Wildman–Crippen MR) is 85.3 cm³/mol. The van der Waals surface area contributed by atoms with Gasteiger partial charge in [-0.05, 0) is 48.9 Å². The molecule has 0 radical (unpaired) electrons. The van der Waals surface area contributed by atoms with E-state index in [-0.39, 0.29) is 11.7 Å². The highest BCUT2D eigenvalue weighted by atomic mass is 19.1. The third kappa shape index (κ3) is 4.56. The fourth-order valence-electron chi connectivity index (χ4n) is 1.83. The lowest BCUT2D eigenvalue weighted by Crippen LogP contribution is -2.26. The molecule has 0 spiro atoms. The largest absolute Gasteiger partial charge is 0.381 e. The van der Waals surface area contributed by atoms with Gasteiger partial charge >= 0.3 is 0 Å². The lowest BCUT2D eigenvalue weighted by Gasteiger charge is -2.11. The van der Waals surface area contributed by atoms with Crippen LogP contribution in [0.25, 0.3) is 0 Å².